The van der Waals surface area contributed by atoms with Crippen molar-refractivity contribution in [3.8, 4) is 0 Å². The summed E-state index contributed by atoms with van der Waals surface area (Å²) >= 11 is 0. The first kappa shape index (κ1) is 9.01. The van der Waals surface area contributed by atoms with Crippen molar-refractivity contribution in [3.63, 3.8) is 0 Å². The van der Waals surface area contributed by atoms with Gasteiger partial charge in [0.1, 0.15) is 0 Å². The van der Waals surface area contributed by atoms with E-state index in [1.54, 1.807) is 6.92 Å². The molecule has 6 heteroatoms. The fourth-order valence-corrected chi connectivity index (χ4v) is 2.37. The zero-order valence-electron chi connectivity index (χ0n) is 7.26. The van der Waals surface area contributed by atoms with Crippen LogP contribution in [0.25, 0.3) is 0 Å². The van der Waals surface area contributed by atoms with Crippen molar-refractivity contribution in [2.45, 2.75) is 11.8 Å². The second-order valence-electron chi connectivity index (χ2n) is 2.90. The normalized spacial score (nSPS) is 18.2. The van der Waals surface area contributed by atoms with E-state index < -0.39 is 15.7 Å². The van der Waals surface area contributed by atoms with Crippen LogP contribution in [0.15, 0.2) is 22.0 Å². The summed E-state index contributed by atoms with van der Waals surface area (Å²) < 4.78 is 11.4. The van der Waals surface area contributed by atoms with E-state index >= 15 is 0 Å². The molecule has 1 heterocycles. The van der Waals surface area contributed by atoms with Gasteiger partial charge in [0.05, 0.1) is 31.9 Å². The molecule has 0 aliphatic carbocycles. The Labute approximate surface area is 82.1 Å². The maximum atomic E-state index is 11.4. The van der Waals surface area contributed by atoms with Crippen molar-refractivity contribution in [2.24, 2.45) is 4.99 Å². The summed E-state index contributed by atoms with van der Waals surface area (Å²) in [4.78, 5) is 14.5. The highest BCUT2D eigenvalue weighted by molar-refractivity contribution is 7.99. The first-order chi connectivity index (χ1) is 6.59. The Morgan fingerprint density at radius 1 is 1.50 bits per heavy atom. The van der Waals surface area contributed by atoms with Crippen LogP contribution >= 0.6 is 0 Å². The summed E-state index contributed by atoms with van der Waals surface area (Å²) in [7, 11) is -1.25. The Kier molecular flexibility index (Phi) is 1.92. The number of non-ortho nitro benzene ring substituents is 1. The molecule has 0 fully saturated rings. The number of nitro benzene ring substituents is 1. The molecule has 0 saturated carbocycles. The quantitative estimate of drug-likeness (QED) is 0.523. The standard InChI is InChI=1S/C8H6N2O3S/c1-5-2-6(10(11)12)3-7-8(5)14(13)4-9-7/h2-4H,1H3. The summed E-state index contributed by atoms with van der Waals surface area (Å²) in [6.07, 6.45) is 0. The molecule has 0 saturated heterocycles. The van der Waals surface area contributed by atoms with Crippen molar-refractivity contribution in [2.75, 3.05) is 0 Å². The molecular formula is C8H6N2O3S. The highest BCUT2D eigenvalue weighted by Crippen LogP contribution is 2.34. The maximum Gasteiger partial charge on any atom is 0.271 e. The van der Waals surface area contributed by atoms with Gasteiger partial charge >= 0.3 is 0 Å². The van der Waals surface area contributed by atoms with Crippen LogP contribution < -0.4 is 0 Å². The zero-order valence-corrected chi connectivity index (χ0v) is 8.08. The van der Waals surface area contributed by atoms with E-state index in [-0.39, 0.29) is 5.69 Å². The van der Waals surface area contributed by atoms with Gasteiger partial charge in [0.25, 0.3) is 5.69 Å². The molecule has 2 rings (SSSR count). The third-order valence-corrected chi connectivity index (χ3v) is 3.17. The zero-order chi connectivity index (χ0) is 10.3. The molecule has 1 aromatic rings. The first-order valence-electron chi connectivity index (χ1n) is 3.83. The Bertz CT molecular complexity index is 482. The van der Waals surface area contributed by atoms with Gasteiger partial charge < -0.3 is 0 Å². The minimum Gasteiger partial charge on any atom is -0.258 e. The van der Waals surface area contributed by atoms with E-state index in [1.807, 2.05) is 0 Å². The topological polar surface area (TPSA) is 72.6 Å². The number of nitrogens with zero attached hydrogens (tertiary/aromatic N) is 2. The lowest BCUT2D eigenvalue weighted by molar-refractivity contribution is -0.384. The van der Waals surface area contributed by atoms with Gasteiger partial charge in [-0.2, -0.15) is 0 Å². The van der Waals surface area contributed by atoms with Crippen molar-refractivity contribution in [1.82, 2.24) is 0 Å². The molecule has 0 spiro atoms. The van der Waals surface area contributed by atoms with Crippen LogP contribution in [0.5, 0.6) is 0 Å². The number of nitro groups is 1. The van der Waals surface area contributed by atoms with Gasteiger partial charge in [-0.1, -0.05) is 0 Å². The highest BCUT2D eigenvalue weighted by atomic mass is 32.2. The lowest BCUT2D eigenvalue weighted by Crippen LogP contribution is -1.93. The Morgan fingerprint density at radius 2 is 2.21 bits per heavy atom. The predicted molar refractivity (Wildman–Crippen MR) is 52.4 cm³/mol. The molecule has 0 bridgehead atoms. The van der Waals surface area contributed by atoms with Gasteiger partial charge in [-0.15, -0.1) is 0 Å². The minimum absolute atomic E-state index is 0.0164. The molecule has 72 valence electrons. The fraction of sp³-hybridized carbons (Fsp3) is 0.125. The van der Waals surface area contributed by atoms with Gasteiger partial charge in [0.15, 0.2) is 0 Å². The van der Waals surface area contributed by atoms with Gasteiger partial charge in [0, 0.05) is 12.1 Å². The number of hydrogen-bond donors (Lipinski definition) is 0. The van der Waals surface area contributed by atoms with Crippen molar-refractivity contribution in [3.05, 3.63) is 27.8 Å². The van der Waals surface area contributed by atoms with Gasteiger partial charge in [0.2, 0.25) is 0 Å². The van der Waals surface area contributed by atoms with E-state index in [2.05, 4.69) is 4.99 Å². The van der Waals surface area contributed by atoms with Crippen molar-refractivity contribution in [1.29, 1.82) is 0 Å². The smallest absolute Gasteiger partial charge is 0.258 e. The molecule has 1 aliphatic rings. The molecule has 0 radical (unpaired) electrons. The molecule has 0 N–H and O–H groups in total. The molecule has 5 nitrogen and oxygen atoms in total. The lowest BCUT2D eigenvalue weighted by Gasteiger charge is -2.00. The number of aryl methyl sites for hydroxylation is 1. The average Bonchev–Trinajstić information content (AvgIpc) is 2.48. The summed E-state index contributed by atoms with van der Waals surface area (Å²) in [6, 6.07) is 2.75. The molecule has 0 amide bonds. The molecular weight excluding hydrogens is 204 g/mol. The van der Waals surface area contributed by atoms with E-state index in [1.165, 1.54) is 17.7 Å². The number of rotatable bonds is 1. The monoisotopic (exact) mass is 210 g/mol. The summed E-state index contributed by atoms with van der Waals surface area (Å²) in [6.45, 7) is 1.69. The largest absolute Gasteiger partial charge is 0.271 e. The molecule has 1 aliphatic heterocycles. The van der Waals surface area contributed by atoms with Crippen LogP contribution in [0.3, 0.4) is 0 Å². The van der Waals surface area contributed by atoms with E-state index in [0.717, 1.165) is 0 Å². The molecule has 1 unspecified atom stereocenters. The number of fused-ring (bicyclic) bond motifs is 1. The van der Waals surface area contributed by atoms with Crippen LogP contribution in [0, 0.1) is 17.0 Å². The number of aliphatic imine (C=N–C) groups is 1. The van der Waals surface area contributed by atoms with Crippen LogP contribution in [-0.2, 0) is 10.8 Å². The van der Waals surface area contributed by atoms with E-state index in [9.17, 15) is 14.3 Å². The second kappa shape index (κ2) is 2.98. The maximum absolute atomic E-state index is 11.4. The van der Waals surface area contributed by atoms with E-state index in [4.69, 9.17) is 0 Å². The summed E-state index contributed by atoms with van der Waals surface area (Å²) in [5.74, 6) is 0. The third kappa shape index (κ3) is 1.24. The van der Waals surface area contributed by atoms with Gasteiger partial charge in [-0.3, -0.25) is 10.1 Å². The molecule has 14 heavy (non-hydrogen) atoms. The van der Waals surface area contributed by atoms with Crippen molar-refractivity contribution >= 4 is 27.7 Å². The highest BCUT2D eigenvalue weighted by Gasteiger charge is 2.20. The Morgan fingerprint density at radius 3 is 2.86 bits per heavy atom. The molecule has 1 atom stereocenters. The number of benzene rings is 1. The van der Waals surface area contributed by atoms with E-state index in [0.29, 0.717) is 16.1 Å². The number of hydrogen-bond acceptors (Lipinski definition) is 4. The van der Waals surface area contributed by atoms with Gasteiger partial charge in [-0.25, -0.2) is 9.20 Å². The van der Waals surface area contributed by atoms with Crippen molar-refractivity contribution < 1.29 is 9.13 Å². The lowest BCUT2D eigenvalue weighted by atomic mass is 10.2. The van der Waals surface area contributed by atoms with Crippen LogP contribution in [0.1, 0.15) is 5.56 Å². The first-order valence-corrected chi connectivity index (χ1v) is 5.04. The Balaban J connectivity index is 2.67. The molecule has 0 aromatic heterocycles. The third-order valence-electron chi connectivity index (χ3n) is 1.94. The van der Waals surface area contributed by atoms with Crippen LogP contribution in [0.4, 0.5) is 11.4 Å². The van der Waals surface area contributed by atoms with Gasteiger partial charge in [-0.05, 0) is 12.5 Å². The SMILES string of the molecule is Cc1cc([N+](=O)[O-])cc2c1S(=O)C=N2. The van der Waals surface area contributed by atoms with Crippen LogP contribution in [0.2, 0.25) is 0 Å². The second-order valence-corrected chi connectivity index (χ2v) is 4.11. The summed E-state index contributed by atoms with van der Waals surface area (Å²) in [5, 5.41) is 10.5. The summed E-state index contributed by atoms with van der Waals surface area (Å²) in [5.41, 5.74) is 2.36. The predicted octanol–water partition coefficient (Wildman–Crippen LogP) is 1.68. The average molecular weight is 210 g/mol. The Hall–Kier alpha value is -1.56. The molecule has 1 aromatic carbocycles. The van der Waals surface area contributed by atoms with Crippen LogP contribution in [-0.4, -0.2) is 14.7 Å². The fourth-order valence-electron chi connectivity index (χ4n) is 1.36. The minimum atomic E-state index is -1.25.